The maximum atomic E-state index is 12.8. The summed E-state index contributed by atoms with van der Waals surface area (Å²) < 4.78 is 14.1. The van der Waals surface area contributed by atoms with Gasteiger partial charge in [0.2, 0.25) is 5.91 Å². The first kappa shape index (κ1) is 20.9. The van der Waals surface area contributed by atoms with Crippen molar-refractivity contribution < 1.29 is 14.3 Å². The number of benzene rings is 2. The number of hydrogen-bond donors (Lipinski definition) is 0. The van der Waals surface area contributed by atoms with Crippen molar-refractivity contribution in [1.82, 2.24) is 19.7 Å². The zero-order valence-corrected chi connectivity index (χ0v) is 18.7. The van der Waals surface area contributed by atoms with Crippen molar-refractivity contribution in [1.29, 1.82) is 0 Å². The van der Waals surface area contributed by atoms with Crippen LogP contribution in [-0.2, 0) is 4.79 Å². The number of aromatic nitrogens is 3. The van der Waals surface area contributed by atoms with Crippen LogP contribution in [0.5, 0.6) is 11.5 Å². The van der Waals surface area contributed by atoms with Gasteiger partial charge >= 0.3 is 0 Å². The van der Waals surface area contributed by atoms with Crippen molar-refractivity contribution >= 4 is 17.7 Å². The van der Waals surface area contributed by atoms with Crippen LogP contribution >= 0.6 is 11.8 Å². The van der Waals surface area contributed by atoms with Crippen LogP contribution in [0, 0.1) is 0 Å². The molecule has 0 N–H and O–H groups in total. The zero-order valence-electron chi connectivity index (χ0n) is 17.9. The maximum Gasteiger partial charge on any atom is 0.233 e. The number of nitrogens with zero attached hydrogens (tertiary/aromatic N) is 4. The molecule has 2 aliphatic heterocycles. The summed E-state index contributed by atoms with van der Waals surface area (Å²) in [7, 11) is 0. The van der Waals surface area contributed by atoms with Crippen LogP contribution < -0.4 is 9.47 Å². The van der Waals surface area contributed by atoms with Gasteiger partial charge in [0.1, 0.15) is 6.61 Å². The van der Waals surface area contributed by atoms with Crippen LogP contribution in [0.15, 0.2) is 59.8 Å². The highest BCUT2D eigenvalue weighted by Gasteiger charge is 2.29. The molecule has 1 fully saturated rings. The second-order valence-corrected chi connectivity index (χ2v) is 8.90. The van der Waals surface area contributed by atoms with E-state index in [-0.39, 0.29) is 5.91 Å². The van der Waals surface area contributed by atoms with E-state index in [9.17, 15) is 4.79 Å². The summed E-state index contributed by atoms with van der Waals surface area (Å²) in [6.45, 7) is 2.05. The van der Waals surface area contributed by atoms with Crippen LogP contribution in [0.2, 0.25) is 0 Å². The third-order valence-electron chi connectivity index (χ3n) is 5.75. The highest BCUT2D eigenvalue weighted by Crippen LogP contribution is 2.37. The largest absolute Gasteiger partial charge is 0.485 e. The predicted octanol–water partition coefficient (Wildman–Crippen LogP) is 4.27. The molecular formula is C24H26N4O3S. The summed E-state index contributed by atoms with van der Waals surface area (Å²) in [6.07, 6.45) is 4.18. The Kier molecular flexibility index (Phi) is 6.29. The van der Waals surface area contributed by atoms with Gasteiger partial charge in [0.05, 0.1) is 5.75 Å². The smallest absolute Gasteiger partial charge is 0.233 e. The number of likely N-dealkylation sites (tertiary alicyclic amines) is 1. The summed E-state index contributed by atoms with van der Waals surface area (Å²) in [5.74, 6) is 2.59. The number of ether oxygens (including phenoxy) is 2. The predicted molar refractivity (Wildman–Crippen MR) is 122 cm³/mol. The summed E-state index contributed by atoms with van der Waals surface area (Å²) in [4.78, 5) is 14.8. The molecule has 166 valence electrons. The fourth-order valence-electron chi connectivity index (χ4n) is 4.09. The summed E-state index contributed by atoms with van der Waals surface area (Å²) in [5.41, 5.74) is 0.930. The maximum absolute atomic E-state index is 12.8. The monoisotopic (exact) mass is 450 g/mol. The topological polar surface area (TPSA) is 69.5 Å². The number of thioether (sulfide) groups is 1. The van der Waals surface area contributed by atoms with E-state index in [4.69, 9.17) is 9.47 Å². The van der Waals surface area contributed by atoms with Crippen molar-refractivity contribution in [2.45, 2.75) is 36.9 Å². The van der Waals surface area contributed by atoms with Gasteiger partial charge < -0.3 is 14.4 Å². The molecule has 5 rings (SSSR count). The van der Waals surface area contributed by atoms with Gasteiger partial charge in [-0.05, 0) is 37.1 Å². The van der Waals surface area contributed by atoms with Gasteiger partial charge in [0.15, 0.2) is 28.6 Å². The van der Waals surface area contributed by atoms with Crippen molar-refractivity contribution in [2.24, 2.45) is 0 Å². The lowest BCUT2D eigenvalue weighted by atomic mass is 10.2. The number of hydrogen-bond acceptors (Lipinski definition) is 6. The summed E-state index contributed by atoms with van der Waals surface area (Å²) in [5, 5.41) is 9.56. The molecule has 0 saturated carbocycles. The minimum absolute atomic E-state index is 0.159. The van der Waals surface area contributed by atoms with Crippen LogP contribution in [0.1, 0.15) is 37.6 Å². The van der Waals surface area contributed by atoms with Crippen molar-refractivity contribution in [3.05, 3.63) is 60.4 Å². The van der Waals surface area contributed by atoms with Crippen LogP contribution in [0.25, 0.3) is 5.69 Å². The van der Waals surface area contributed by atoms with Crippen molar-refractivity contribution in [3.8, 4) is 17.2 Å². The lowest BCUT2D eigenvalue weighted by Crippen LogP contribution is -2.33. The van der Waals surface area contributed by atoms with E-state index >= 15 is 0 Å². The summed E-state index contributed by atoms with van der Waals surface area (Å²) in [6, 6.07) is 17.6. The normalized spacial score (nSPS) is 18.2. The van der Waals surface area contributed by atoms with E-state index in [0.717, 1.165) is 37.4 Å². The van der Waals surface area contributed by atoms with Crippen LogP contribution in [-0.4, -0.2) is 51.0 Å². The van der Waals surface area contributed by atoms with E-state index < -0.39 is 6.10 Å². The Morgan fingerprint density at radius 3 is 2.44 bits per heavy atom. The molecule has 2 aliphatic rings. The zero-order chi connectivity index (χ0) is 21.8. The number of fused-ring (bicyclic) bond motifs is 1. The van der Waals surface area contributed by atoms with Crippen molar-refractivity contribution in [3.63, 3.8) is 0 Å². The Hall–Kier alpha value is -3.00. The van der Waals surface area contributed by atoms with Gasteiger partial charge in [-0.3, -0.25) is 9.36 Å². The van der Waals surface area contributed by atoms with Crippen LogP contribution in [0.3, 0.4) is 0 Å². The molecule has 1 aromatic heterocycles. The standard InChI is InChI=1S/C24H26N4O3S/c29-22(27-14-8-1-2-9-15-27)17-32-24-26-25-23(28(24)18-10-4-3-5-11-18)21-16-30-19-12-6-7-13-20(19)31-21/h3-7,10-13,21H,1-2,8-9,14-17H2/t21-/m0/s1. The number of para-hydroxylation sites is 3. The third kappa shape index (κ3) is 4.46. The number of carbonyl (C=O) groups excluding carboxylic acids is 1. The molecule has 7 nitrogen and oxygen atoms in total. The first-order chi connectivity index (χ1) is 15.8. The second kappa shape index (κ2) is 9.65. The minimum Gasteiger partial charge on any atom is -0.485 e. The van der Waals surface area contributed by atoms with E-state index in [1.165, 1.54) is 24.6 Å². The fraction of sp³-hybridized carbons (Fsp3) is 0.375. The molecular weight excluding hydrogens is 424 g/mol. The highest BCUT2D eigenvalue weighted by atomic mass is 32.2. The molecule has 1 atom stereocenters. The fourth-order valence-corrected chi connectivity index (χ4v) is 4.95. The third-order valence-corrected chi connectivity index (χ3v) is 6.67. The molecule has 1 saturated heterocycles. The quantitative estimate of drug-likeness (QED) is 0.541. The van der Waals surface area contributed by atoms with Gasteiger partial charge in [0, 0.05) is 18.8 Å². The van der Waals surface area contributed by atoms with Gasteiger partial charge in [-0.1, -0.05) is 54.9 Å². The highest BCUT2D eigenvalue weighted by molar-refractivity contribution is 7.99. The molecule has 8 heteroatoms. The Bertz CT molecular complexity index is 1060. The number of amides is 1. The number of carbonyl (C=O) groups is 1. The average molecular weight is 451 g/mol. The Morgan fingerprint density at radius 2 is 1.66 bits per heavy atom. The van der Waals surface area contributed by atoms with E-state index in [2.05, 4.69) is 10.2 Å². The van der Waals surface area contributed by atoms with Crippen molar-refractivity contribution in [2.75, 3.05) is 25.4 Å². The Morgan fingerprint density at radius 1 is 0.938 bits per heavy atom. The SMILES string of the molecule is O=C(CSc1nnc([C@@H]2COc3ccccc3O2)n1-c1ccccc1)N1CCCCCC1. The molecule has 0 bridgehead atoms. The molecule has 0 unspecified atom stereocenters. The molecule has 1 amide bonds. The molecule has 0 radical (unpaired) electrons. The Labute approximate surface area is 191 Å². The lowest BCUT2D eigenvalue weighted by Gasteiger charge is -2.26. The summed E-state index contributed by atoms with van der Waals surface area (Å²) >= 11 is 1.42. The van der Waals surface area contributed by atoms with E-state index in [1.54, 1.807) is 0 Å². The van der Waals surface area contributed by atoms with Gasteiger partial charge in [0.25, 0.3) is 0 Å². The van der Waals surface area contributed by atoms with E-state index in [0.29, 0.717) is 29.1 Å². The van der Waals surface area contributed by atoms with Gasteiger partial charge in [-0.25, -0.2) is 0 Å². The number of rotatable bonds is 5. The van der Waals surface area contributed by atoms with Crippen LogP contribution in [0.4, 0.5) is 0 Å². The molecule has 0 aliphatic carbocycles. The van der Waals surface area contributed by atoms with E-state index in [1.807, 2.05) is 64.1 Å². The second-order valence-electron chi connectivity index (χ2n) is 7.96. The minimum atomic E-state index is -0.395. The average Bonchev–Trinajstić information content (AvgIpc) is 3.07. The van der Waals surface area contributed by atoms with Gasteiger partial charge in [-0.2, -0.15) is 0 Å². The Balaban J connectivity index is 1.39. The first-order valence-corrected chi connectivity index (χ1v) is 12.1. The lowest BCUT2D eigenvalue weighted by molar-refractivity contribution is -0.128. The first-order valence-electron chi connectivity index (χ1n) is 11.1. The molecule has 32 heavy (non-hydrogen) atoms. The molecule has 3 aromatic rings. The molecule has 3 heterocycles. The molecule has 0 spiro atoms. The molecule has 2 aromatic carbocycles. The van der Waals surface area contributed by atoms with Gasteiger partial charge in [-0.15, -0.1) is 10.2 Å².